The van der Waals surface area contributed by atoms with Crippen LogP contribution in [0.3, 0.4) is 0 Å². The van der Waals surface area contributed by atoms with Crippen molar-refractivity contribution in [1.82, 2.24) is 4.90 Å². The molecule has 0 aromatic heterocycles. The van der Waals surface area contributed by atoms with Gasteiger partial charge in [0.05, 0.1) is 30.9 Å². The molecule has 5 heteroatoms. The molecule has 1 amide bonds. The quantitative estimate of drug-likeness (QED) is 0.688. The molecule has 1 aromatic rings. The van der Waals surface area contributed by atoms with Crippen molar-refractivity contribution in [2.24, 2.45) is 0 Å². The summed E-state index contributed by atoms with van der Waals surface area (Å²) < 4.78 is 10.2. The van der Waals surface area contributed by atoms with Crippen molar-refractivity contribution in [3.8, 4) is 6.07 Å². The van der Waals surface area contributed by atoms with Crippen molar-refractivity contribution >= 4 is 5.91 Å². The molecule has 0 aliphatic rings. The molecule has 1 atom stereocenters. The van der Waals surface area contributed by atoms with E-state index in [0.717, 1.165) is 5.56 Å². The maximum atomic E-state index is 12.2. The molecule has 0 spiro atoms. The second-order valence-electron chi connectivity index (χ2n) is 4.63. The Bertz CT molecular complexity index is 479. The van der Waals surface area contributed by atoms with Gasteiger partial charge in [-0.25, -0.2) is 0 Å². The Balaban J connectivity index is 2.64. The molecule has 0 aliphatic heterocycles. The van der Waals surface area contributed by atoms with Crippen LogP contribution in [0.1, 0.15) is 31.0 Å². The Hall–Kier alpha value is -1.90. The van der Waals surface area contributed by atoms with Crippen LogP contribution in [0.4, 0.5) is 0 Å². The van der Waals surface area contributed by atoms with Gasteiger partial charge in [0.15, 0.2) is 0 Å². The van der Waals surface area contributed by atoms with Crippen molar-refractivity contribution in [3.63, 3.8) is 0 Å². The standard InChI is InChI=1S/C16H22N2O3/c1-4-18(16(19)12-21-10-9-20-3)13(2)15-7-5-14(11-17)6-8-15/h5-8,13H,4,9-10,12H2,1-3H3. The van der Waals surface area contributed by atoms with Crippen LogP contribution in [-0.4, -0.2) is 44.3 Å². The summed E-state index contributed by atoms with van der Waals surface area (Å²) in [5, 5.41) is 8.81. The van der Waals surface area contributed by atoms with E-state index < -0.39 is 0 Å². The lowest BCUT2D eigenvalue weighted by molar-refractivity contribution is -0.138. The summed E-state index contributed by atoms with van der Waals surface area (Å²) in [5.41, 5.74) is 1.62. The maximum absolute atomic E-state index is 12.2. The number of nitriles is 1. The van der Waals surface area contributed by atoms with E-state index in [4.69, 9.17) is 14.7 Å². The number of carbonyl (C=O) groups excluding carboxylic acids is 1. The molecular formula is C16H22N2O3. The highest BCUT2D eigenvalue weighted by atomic mass is 16.5. The number of rotatable bonds is 8. The number of benzene rings is 1. The Labute approximate surface area is 126 Å². The molecule has 1 unspecified atom stereocenters. The molecule has 114 valence electrons. The van der Waals surface area contributed by atoms with Gasteiger partial charge in [0.2, 0.25) is 5.91 Å². The summed E-state index contributed by atoms with van der Waals surface area (Å²) in [7, 11) is 1.59. The summed E-state index contributed by atoms with van der Waals surface area (Å²) in [4.78, 5) is 13.9. The molecule has 0 aliphatic carbocycles. The molecule has 0 saturated heterocycles. The van der Waals surface area contributed by atoms with Crippen molar-refractivity contribution in [1.29, 1.82) is 5.26 Å². The van der Waals surface area contributed by atoms with Crippen LogP contribution in [0, 0.1) is 11.3 Å². The molecule has 0 N–H and O–H groups in total. The Morgan fingerprint density at radius 1 is 1.33 bits per heavy atom. The third kappa shape index (κ3) is 5.18. The smallest absolute Gasteiger partial charge is 0.249 e. The molecule has 0 bridgehead atoms. The monoisotopic (exact) mass is 290 g/mol. The highest BCUT2D eigenvalue weighted by Crippen LogP contribution is 2.20. The number of amides is 1. The van der Waals surface area contributed by atoms with Gasteiger partial charge in [-0.15, -0.1) is 0 Å². The topological polar surface area (TPSA) is 62.6 Å². The lowest BCUT2D eigenvalue weighted by atomic mass is 10.0. The zero-order valence-electron chi connectivity index (χ0n) is 12.8. The fourth-order valence-corrected chi connectivity index (χ4v) is 2.07. The first-order valence-corrected chi connectivity index (χ1v) is 7.00. The summed E-state index contributed by atoms with van der Waals surface area (Å²) in [6.45, 7) is 5.45. The van der Waals surface area contributed by atoms with Gasteiger partial charge in [0, 0.05) is 13.7 Å². The van der Waals surface area contributed by atoms with E-state index in [0.29, 0.717) is 25.3 Å². The van der Waals surface area contributed by atoms with Crippen molar-refractivity contribution < 1.29 is 14.3 Å². The molecule has 1 aromatic carbocycles. The second-order valence-corrected chi connectivity index (χ2v) is 4.63. The minimum absolute atomic E-state index is 0.0505. The van der Waals surface area contributed by atoms with Crippen LogP contribution in [0.15, 0.2) is 24.3 Å². The van der Waals surface area contributed by atoms with E-state index >= 15 is 0 Å². The average Bonchev–Trinajstić information content (AvgIpc) is 2.52. The van der Waals surface area contributed by atoms with Gasteiger partial charge in [-0.2, -0.15) is 5.26 Å². The molecule has 0 heterocycles. The van der Waals surface area contributed by atoms with Gasteiger partial charge in [-0.05, 0) is 31.5 Å². The lowest BCUT2D eigenvalue weighted by Gasteiger charge is -2.28. The van der Waals surface area contributed by atoms with E-state index in [1.807, 2.05) is 26.0 Å². The lowest BCUT2D eigenvalue weighted by Crippen LogP contribution is -2.36. The van der Waals surface area contributed by atoms with Gasteiger partial charge in [0.1, 0.15) is 6.61 Å². The fraction of sp³-hybridized carbons (Fsp3) is 0.500. The SMILES string of the molecule is CCN(C(=O)COCCOC)C(C)c1ccc(C#N)cc1. The summed E-state index contributed by atoms with van der Waals surface area (Å²) in [5.74, 6) is -0.0505. The Morgan fingerprint density at radius 2 is 2.00 bits per heavy atom. The molecular weight excluding hydrogens is 268 g/mol. The maximum Gasteiger partial charge on any atom is 0.249 e. The van der Waals surface area contributed by atoms with E-state index in [-0.39, 0.29) is 18.6 Å². The van der Waals surface area contributed by atoms with Crippen molar-refractivity contribution in [2.75, 3.05) is 33.5 Å². The van der Waals surface area contributed by atoms with E-state index in [9.17, 15) is 4.79 Å². The second kappa shape index (κ2) is 9.11. The first-order valence-electron chi connectivity index (χ1n) is 7.00. The summed E-state index contributed by atoms with van der Waals surface area (Å²) in [6, 6.07) is 9.32. The van der Waals surface area contributed by atoms with E-state index in [1.165, 1.54) is 0 Å². The average molecular weight is 290 g/mol. The van der Waals surface area contributed by atoms with Crippen LogP contribution in [0.25, 0.3) is 0 Å². The predicted octanol–water partition coefficient (Wildman–Crippen LogP) is 2.13. The van der Waals surface area contributed by atoms with Crippen LogP contribution in [0.5, 0.6) is 0 Å². The number of hydrogen-bond donors (Lipinski definition) is 0. The summed E-state index contributed by atoms with van der Waals surface area (Å²) >= 11 is 0. The van der Waals surface area contributed by atoms with E-state index in [1.54, 1.807) is 24.1 Å². The van der Waals surface area contributed by atoms with Crippen molar-refractivity contribution in [3.05, 3.63) is 35.4 Å². The third-order valence-electron chi connectivity index (χ3n) is 3.31. The van der Waals surface area contributed by atoms with Gasteiger partial charge < -0.3 is 14.4 Å². The van der Waals surface area contributed by atoms with Crippen LogP contribution in [0.2, 0.25) is 0 Å². The normalized spacial score (nSPS) is 11.7. The number of ether oxygens (including phenoxy) is 2. The largest absolute Gasteiger partial charge is 0.382 e. The molecule has 1 rings (SSSR count). The number of carbonyl (C=O) groups is 1. The highest BCUT2D eigenvalue weighted by molar-refractivity contribution is 5.77. The fourth-order valence-electron chi connectivity index (χ4n) is 2.07. The number of hydrogen-bond acceptors (Lipinski definition) is 4. The zero-order chi connectivity index (χ0) is 15.7. The first-order chi connectivity index (χ1) is 10.1. The Morgan fingerprint density at radius 3 is 2.52 bits per heavy atom. The van der Waals surface area contributed by atoms with Gasteiger partial charge >= 0.3 is 0 Å². The van der Waals surface area contributed by atoms with Crippen LogP contribution < -0.4 is 0 Å². The van der Waals surface area contributed by atoms with Crippen LogP contribution >= 0.6 is 0 Å². The molecule has 5 nitrogen and oxygen atoms in total. The van der Waals surface area contributed by atoms with E-state index in [2.05, 4.69) is 6.07 Å². The highest BCUT2D eigenvalue weighted by Gasteiger charge is 2.19. The summed E-state index contributed by atoms with van der Waals surface area (Å²) in [6.07, 6.45) is 0. The number of nitrogens with zero attached hydrogens (tertiary/aromatic N) is 2. The van der Waals surface area contributed by atoms with Gasteiger partial charge in [-0.3, -0.25) is 4.79 Å². The zero-order valence-corrected chi connectivity index (χ0v) is 12.8. The minimum Gasteiger partial charge on any atom is -0.382 e. The Kier molecular flexibility index (Phi) is 7.44. The van der Waals surface area contributed by atoms with Crippen LogP contribution in [-0.2, 0) is 14.3 Å². The molecule has 0 fully saturated rings. The molecule has 0 saturated carbocycles. The first kappa shape index (κ1) is 17.2. The van der Waals surface area contributed by atoms with Gasteiger partial charge in [0.25, 0.3) is 0 Å². The molecule has 21 heavy (non-hydrogen) atoms. The third-order valence-corrected chi connectivity index (χ3v) is 3.31. The predicted molar refractivity (Wildman–Crippen MR) is 79.7 cm³/mol. The number of methoxy groups -OCH3 is 1. The number of likely N-dealkylation sites (N-methyl/N-ethyl adjacent to an activating group) is 1. The van der Waals surface area contributed by atoms with Crippen molar-refractivity contribution in [2.45, 2.75) is 19.9 Å². The van der Waals surface area contributed by atoms with Gasteiger partial charge in [-0.1, -0.05) is 12.1 Å². The minimum atomic E-state index is -0.0544. The molecule has 0 radical (unpaired) electrons.